The van der Waals surface area contributed by atoms with E-state index in [2.05, 4.69) is 4.90 Å². The number of aliphatic hydroxyl groups is 1. The van der Waals surface area contributed by atoms with Gasteiger partial charge in [0.05, 0.1) is 6.61 Å². The zero-order valence-corrected chi connectivity index (χ0v) is 8.53. The van der Waals surface area contributed by atoms with Crippen LogP contribution in [-0.2, 0) is 12.6 Å². The lowest BCUT2D eigenvalue weighted by Crippen LogP contribution is -2.48. The SMILES string of the molecule is OCCN1CCN(C(=S)[S-])CC1. The maximum atomic E-state index is 8.69. The Labute approximate surface area is 83.8 Å². The number of hydrogen-bond donors (Lipinski definition) is 1. The molecular formula is C7H13N2OS2-. The van der Waals surface area contributed by atoms with Crippen molar-refractivity contribution in [2.24, 2.45) is 0 Å². The lowest BCUT2D eigenvalue weighted by atomic mass is 10.3. The predicted molar refractivity (Wildman–Crippen MR) is 55.1 cm³/mol. The summed E-state index contributed by atoms with van der Waals surface area (Å²) in [6.07, 6.45) is 0. The van der Waals surface area contributed by atoms with Gasteiger partial charge in [-0.15, -0.1) is 0 Å². The van der Waals surface area contributed by atoms with Crippen molar-refractivity contribution in [2.45, 2.75) is 0 Å². The van der Waals surface area contributed by atoms with Crippen LogP contribution in [0.15, 0.2) is 0 Å². The molecule has 0 spiro atoms. The second kappa shape index (κ2) is 4.91. The Hall–Kier alpha value is 0.0300. The van der Waals surface area contributed by atoms with E-state index >= 15 is 0 Å². The minimum Gasteiger partial charge on any atom is -0.411 e. The van der Waals surface area contributed by atoms with Gasteiger partial charge < -0.3 is 34.9 Å². The largest absolute Gasteiger partial charge is 0.411 e. The molecule has 1 saturated heterocycles. The molecule has 0 saturated carbocycles. The summed E-state index contributed by atoms with van der Waals surface area (Å²) >= 11 is 9.78. The molecule has 0 amide bonds. The third kappa shape index (κ3) is 2.82. The second-order valence-corrected chi connectivity index (χ2v) is 3.85. The first-order valence-electron chi connectivity index (χ1n) is 4.03. The third-order valence-electron chi connectivity index (χ3n) is 2.05. The van der Waals surface area contributed by atoms with E-state index in [0.717, 1.165) is 32.7 Å². The lowest BCUT2D eigenvalue weighted by Gasteiger charge is -2.37. The highest BCUT2D eigenvalue weighted by atomic mass is 32.1. The summed E-state index contributed by atoms with van der Waals surface area (Å²) < 4.78 is 0.568. The molecule has 1 N–H and O–H groups in total. The highest BCUT2D eigenvalue weighted by Gasteiger charge is 2.13. The molecule has 3 nitrogen and oxygen atoms in total. The van der Waals surface area contributed by atoms with Crippen LogP contribution < -0.4 is 0 Å². The third-order valence-corrected chi connectivity index (χ3v) is 2.56. The van der Waals surface area contributed by atoms with Crippen molar-refractivity contribution in [1.82, 2.24) is 9.80 Å². The lowest BCUT2D eigenvalue weighted by molar-refractivity contribution is 0.149. The molecular weight excluding hydrogens is 192 g/mol. The number of β-amino-alcohol motifs (C(OH)–C–C–N with tert-alkyl or cyclic N) is 1. The molecule has 0 bridgehead atoms. The van der Waals surface area contributed by atoms with E-state index in [4.69, 9.17) is 30.0 Å². The van der Waals surface area contributed by atoms with Crippen molar-refractivity contribution in [3.8, 4) is 0 Å². The van der Waals surface area contributed by atoms with Gasteiger partial charge in [-0.1, -0.05) is 4.32 Å². The zero-order chi connectivity index (χ0) is 8.97. The maximum absolute atomic E-state index is 8.69. The maximum Gasteiger partial charge on any atom is 0.0558 e. The minimum absolute atomic E-state index is 0.234. The van der Waals surface area contributed by atoms with Crippen molar-refractivity contribution in [2.75, 3.05) is 39.3 Å². The van der Waals surface area contributed by atoms with Gasteiger partial charge in [-0.25, -0.2) is 0 Å². The molecule has 5 heteroatoms. The van der Waals surface area contributed by atoms with Crippen molar-refractivity contribution in [1.29, 1.82) is 0 Å². The summed E-state index contributed by atoms with van der Waals surface area (Å²) in [6, 6.07) is 0. The molecule has 0 radical (unpaired) electrons. The first kappa shape index (κ1) is 10.1. The summed E-state index contributed by atoms with van der Waals surface area (Å²) in [5.74, 6) is 0. The number of rotatable bonds is 2. The standard InChI is InChI=1S/C7H14N2OS2/c10-6-5-8-1-3-9(4-2-8)7(11)12/h10H,1-6H2,(H,11,12)/p-1. The molecule has 1 aliphatic heterocycles. The fraction of sp³-hybridized carbons (Fsp3) is 0.857. The average Bonchev–Trinajstić information content (AvgIpc) is 2.06. The predicted octanol–water partition coefficient (Wildman–Crippen LogP) is -0.572. The van der Waals surface area contributed by atoms with E-state index in [1.165, 1.54) is 0 Å². The number of nitrogens with zero attached hydrogens (tertiary/aromatic N) is 2. The molecule has 1 aliphatic rings. The van der Waals surface area contributed by atoms with E-state index < -0.39 is 0 Å². The summed E-state index contributed by atoms with van der Waals surface area (Å²) in [6.45, 7) is 4.72. The van der Waals surface area contributed by atoms with Crippen LogP contribution in [-0.4, -0.2) is 58.6 Å². The zero-order valence-electron chi connectivity index (χ0n) is 6.90. The van der Waals surface area contributed by atoms with Crippen LogP contribution in [0.2, 0.25) is 0 Å². The molecule has 0 aromatic rings. The summed E-state index contributed by atoms with van der Waals surface area (Å²) in [5, 5.41) is 8.69. The molecule has 0 aliphatic carbocycles. The Morgan fingerprint density at radius 3 is 2.33 bits per heavy atom. The highest BCUT2D eigenvalue weighted by molar-refractivity contribution is 8.00. The quantitative estimate of drug-likeness (QED) is 0.481. The summed E-state index contributed by atoms with van der Waals surface area (Å²) in [4.78, 5) is 4.24. The molecule has 0 atom stereocenters. The molecule has 1 rings (SSSR count). The van der Waals surface area contributed by atoms with E-state index in [1.54, 1.807) is 0 Å². The van der Waals surface area contributed by atoms with E-state index in [-0.39, 0.29) is 6.61 Å². The van der Waals surface area contributed by atoms with Gasteiger partial charge in [0.15, 0.2) is 0 Å². The van der Waals surface area contributed by atoms with Crippen molar-refractivity contribution >= 4 is 29.2 Å². The van der Waals surface area contributed by atoms with Gasteiger partial charge in [0, 0.05) is 32.7 Å². The van der Waals surface area contributed by atoms with E-state index in [9.17, 15) is 0 Å². The Kier molecular flexibility index (Phi) is 4.14. The first-order valence-corrected chi connectivity index (χ1v) is 4.85. The number of aliphatic hydroxyl groups excluding tert-OH is 1. The van der Waals surface area contributed by atoms with Crippen LogP contribution in [0, 0.1) is 0 Å². The normalized spacial score (nSPS) is 19.6. The van der Waals surface area contributed by atoms with Crippen LogP contribution in [0.4, 0.5) is 0 Å². The first-order chi connectivity index (χ1) is 5.74. The van der Waals surface area contributed by atoms with Gasteiger partial charge in [0.1, 0.15) is 0 Å². The number of piperazine rings is 1. The fourth-order valence-corrected chi connectivity index (χ4v) is 1.66. The van der Waals surface area contributed by atoms with Crippen molar-refractivity contribution in [3.63, 3.8) is 0 Å². The fourth-order valence-electron chi connectivity index (χ4n) is 1.30. The van der Waals surface area contributed by atoms with Crippen molar-refractivity contribution < 1.29 is 5.11 Å². The molecule has 0 aromatic heterocycles. The number of thiocarbonyl (C=S) groups is 1. The van der Waals surface area contributed by atoms with Crippen LogP contribution in [0.1, 0.15) is 0 Å². The smallest absolute Gasteiger partial charge is 0.0558 e. The van der Waals surface area contributed by atoms with E-state index in [0.29, 0.717) is 4.32 Å². The highest BCUT2D eigenvalue weighted by Crippen LogP contribution is 2.01. The van der Waals surface area contributed by atoms with Gasteiger partial charge in [-0.05, 0) is 0 Å². The van der Waals surface area contributed by atoms with Gasteiger partial charge in [-0.3, -0.25) is 4.90 Å². The molecule has 70 valence electrons. The molecule has 1 heterocycles. The van der Waals surface area contributed by atoms with Crippen molar-refractivity contribution in [3.05, 3.63) is 0 Å². The Balaban J connectivity index is 2.25. The molecule has 1 fully saturated rings. The molecule has 0 unspecified atom stereocenters. The van der Waals surface area contributed by atoms with Gasteiger partial charge in [0.2, 0.25) is 0 Å². The minimum atomic E-state index is 0.234. The van der Waals surface area contributed by atoms with Crippen LogP contribution in [0.25, 0.3) is 0 Å². The van der Waals surface area contributed by atoms with Gasteiger partial charge in [0.25, 0.3) is 0 Å². The monoisotopic (exact) mass is 205 g/mol. The number of hydrogen-bond acceptors (Lipinski definition) is 4. The van der Waals surface area contributed by atoms with E-state index in [1.807, 2.05) is 4.90 Å². The molecule has 12 heavy (non-hydrogen) atoms. The molecule has 0 aromatic carbocycles. The topological polar surface area (TPSA) is 26.7 Å². The van der Waals surface area contributed by atoms with Crippen LogP contribution >= 0.6 is 12.2 Å². The van der Waals surface area contributed by atoms with Crippen LogP contribution in [0.5, 0.6) is 0 Å². The average molecular weight is 205 g/mol. The Morgan fingerprint density at radius 2 is 1.92 bits per heavy atom. The van der Waals surface area contributed by atoms with Crippen LogP contribution in [0.3, 0.4) is 0 Å². The second-order valence-electron chi connectivity index (χ2n) is 2.82. The van der Waals surface area contributed by atoms with Gasteiger partial charge >= 0.3 is 0 Å². The Morgan fingerprint density at radius 1 is 1.33 bits per heavy atom. The summed E-state index contributed by atoms with van der Waals surface area (Å²) in [5.41, 5.74) is 0. The Bertz CT molecular complexity index is 157. The summed E-state index contributed by atoms with van der Waals surface area (Å²) in [7, 11) is 0. The van der Waals surface area contributed by atoms with Gasteiger partial charge in [-0.2, -0.15) is 0 Å².